The SMILES string of the molecule is CC[C@@H](Oc1ccccc1C)C(=O)N(C)Cc1nc(-c2ccc(C)cc2)no1. The summed E-state index contributed by atoms with van der Waals surface area (Å²) in [4.78, 5) is 18.8. The van der Waals surface area contributed by atoms with Gasteiger partial charge in [-0.3, -0.25) is 4.79 Å². The highest BCUT2D eigenvalue weighted by Gasteiger charge is 2.24. The third-order valence-corrected chi connectivity index (χ3v) is 4.54. The Labute approximate surface area is 165 Å². The zero-order valence-corrected chi connectivity index (χ0v) is 16.7. The van der Waals surface area contributed by atoms with Crippen LogP contribution < -0.4 is 4.74 Å². The second-order valence-corrected chi connectivity index (χ2v) is 6.85. The highest BCUT2D eigenvalue weighted by Crippen LogP contribution is 2.20. The predicted molar refractivity (Wildman–Crippen MR) is 107 cm³/mol. The van der Waals surface area contributed by atoms with Gasteiger partial charge in [0.15, 0.2) is 6.10 Å². The molecule has 1 amide bonds. The maximum Gasteiger partial charge on any atom is 0.263 e. The molecule has 28 heavy (non-hydrogen) atoms. The topological polar surface area (TPSA) is 68.5 Å². The zero-order chi connectivity index (χ0) is 20.1. The lowest BCUT2D eigenvalue weighted by Gasteiger charge is -2.23. The highest BCUT2D eigenvalue weighted by atomic mass is 16.5. The summed E-state index contributed by atoms with van der Waals surface area (Å²) in [6.07, 6.45) is 0.00117. The van der Waals surface area contributed by atoms with Crippen molar-refractivity contribution in [2.24, 2.45) is 0 Å². The van der Waals surface area contributed by atoms with Gasteiger partial charge in [0.05, 0.1) is 6.54 Å². The summed E-state index contributed by atoms with van der Waals surface area (Å²) in [7, 11) is 1.71. The molecule has 0 radical (unpaired) electrons. The van der Waals surface area contributed by atoms with Crippen LogP contribution in [0.15, 0.2) is 53.1 Å². The summed E-state index contributed by atoms with van der Waals surface area (Å²) in [5, 5.41) is 4.02. The van der Waals surface area contributed by atoms with Crippen molar-refractivity contribution < 1.29 is 14.1 Å². The van der Waals surface area contributed by atoms with Crippen LogP contribution in [0.5, 0.6) is 5.75 Å². The average Bonchev–Trinajstić information content (AvgIpc) is 3.16. The number of para-hydroxylation sites is 1. The van der Waals surface area contributed by atoms with Crippen molar-refractivity contribution in [3.05, 3.63) is 65.5 Å². The summed E-state index contributed by atoms with van der Waals surface area (Å²) in [6, 6.07) is 15.6. The Morgan fingerprint density at radius 2 is 1.86 bits per heavy atom. The van der Waals surface area contributed by atoms with Gasteiger partial charge in [0.1, 0.15) is 5.75 Å². The van der Waals surface area contributed by atoms with Gasteiger partial charge in [-0.15, -0.1) is 0 Å². The summed E-state index contributed by atoms with van der Waals surface area (Å²) in [6.45, 7) is 6.14. The van der Waals surface area contributed by atoms with Gasteiger partial charge in [0.2, 0.25) is 11.7 Å². The number of rotatable bonds is 7. The maximum atomic E-state index is 12.8. The first-order valence-corrected chi connectivity index (χ1v) is 9.34. The molecule has 0 saturated carbocycles. The lowest BCUT2D eigenvalue weighted by molar-refractivity contribution is -0.138. The minimum Gasteiger partial charge on any atom is -0.480 e. The van der Waals surface area contributed by atoms with Gasteiger partial charge in [0.25, 0.3) is 5.91 Å². The van der Waals surface area contributed by atoms with Crippen LogP contribution in [0.3, 0.4) is 0 Å². The van der Waals surface area contributed by atoms with Gasteiger partial charge in [-0.05, 0) is 31.9 Å². The first-order chi connectivity index (χ1) is 13.5. The number of benzene rings is 2. The van der Waals surface area contributed by atoms with Crippen molar-refractivity contribution in [2.45, 2.75) is 39.8 Å². The van der Waals surface area contributed by atoms with E-state index >= 15 is 0 Å². The second kappa shape index (κ2) is 8.69. The molecular formula is C22H25N3O3. The average molecular weight is 379 g/mol. The molecule has 0 spiro atoms. The Kier molecular flexibility index (Phi) is 6.09. The van der Waals surface area contributed by atoms with Gasteiger partial charge in [-0.25, -0.2) is 0 Å². The third kappa shape index (κ3) is 4.57. The summed E-state index contributed by atoms with van der Waals surface area (Å²) >= 11 is 0. The Morgan fingerprint density at radius 1 is 1.14 bits per heavy atom. The van der Waals surface area contributed by atoms with Crippen LogP contribution >= 0.6 is 0 Å². The molecule has 0 aliphatic heterocycles. The van der Waals surface area contributed by atoms with E-state index in [0.29, 0.717) is 18.1 Å². The smallest absolute Gasteiger partial charge is 0.263 e. The van der Waals surface area contributed by atoms with Crippen molar-refractivity contribution in [3.8, 4) is 17.1 Å². The fourth-order valence-corrected chi connectivity index (χ4v) is 2.82. The van der Waals surface area contributed by atoms with Crippen molar-refractivity contribution in [1.29, 1.82) is 0 Å². The molecule has 1 aromatic heterocycles. The Bertz CT molecular complexity index is 934. The molecule has 0 unspecified atom stereocenters. The number of nitrogens with zero attached hydrogens (tertiary/aromatic N) is 3. The Hall–Kier alpha value is -3.15. The molecule has 3 rings (SSSR count). The van der Waals surface area contributed by atoms with E-state index in [4.69, 9.17) is 9.26 Å². The van der Waals surface area contributed by atoms with Gasteiger partial charge in [-0.1, -0.05) is 60.1 Å². The molecule has 146 valence electrons. The minimum atomic E-state index is -0.564. The van der Waals surface area contributed by atoms with Gasteiger partial charge in [0, 0.05) is 12.6 Å². The van der Waals surface area contributed by atoms with Crippen LogP contribution in [0, 0.1) is 13.8 Å². The Balaban J connectivity index is 1.66. The molecule has 0 aliphatic rings. The van der Waals surface area contributed by atoms with Crippen LogP contribution in [0.2, 0.25) is 0 Å². The van der Waals surface area contributed by atoms with Crippen LogP contribution in [0.1, 0.15) is 30.4 Å². The molecule has 2 aromatic carbocycles. The van der Waals surface area contributed by atoms with Crippen molar-refractivity contribution in [2.75, 3.05) is 7.05 Å². The molecule has 0 fully saturated rings. The summed E-state index contributed by atoms with van der Waals surface area (Å²) < 4.78 is 11.3. The normalized spacial score (nSPS) is 11.9. The maximum absolute atomic E-state index is 12.8. The monoisotopic (exact) mass is 379 g/mol. The van der Waals surface area contributed by atoms with Gasteiger partial charge in [-0.2, -0.15) is 4.98 Å². The van der Waals surface area contributed by atoms with E-state index in [9.17, 15) is 4.79 Å². The van der Waals surface area contributed by atoms with E-state index in [2.05, 4.69) is 10.1 Å². The van der Waals surface area contributed by atoms with Crippen LogP contribution in [0.4, 0.5) is 0 Å². The minimum absolute atomic E-state index is 0.124. The molecule has 0 aliphatic carbocycles. The lowest BCUT2D eigenvalue weighted by atomic mass is 10.1. The molecule has 0 bridgehead atoms. The number of carbonyl (C=O) groups excluding carboxylic acids is 1. The molecular weight excluding hydrogens is 354 g/mol. The molecule has 6 heteroatoms. The number of hydrogen-bond donors (Lipinski definition) is 0. The van der Waals surface area contributed by atoms with Crippen LogP contribution in [0.25, 0.3) is 11.4 Å². The number of likely N-dealkylation sites (N-methyl/N-ethyl adjacent to an activating group) is 1. The highest BCUT2D eigenvalue weighted by molar-refractivity contribution is 5.81. The first kappa shape index (κ1) is 19.6. The number of ether oxygens (including phenoxy) is 1. The number of aromatic nitrogens is 2. The molecule has 3 aromatic rings. The molecule has 0 N–H and O–H groups in total. The van der Waals surface area contributed by atoms with Crippen LogP contribution in [-0.4, -0.2) is 34.1 Å². The lowest BCUT2D eigenvalue weighted by Crippen LogP contribution is -2.39. The number of carbonyl (C=O) groups is 1. The molecule has 6 nitrogen and oxygen atoms in total. The molecule has 1 heterocycles. The van der Waals surface area contributed by atoms with E-state index in [1.807, 2.05) is 69.3 Å². The fourth-order valence-electron chi connectivity index (χ4n) is 2.82. The van der Waals surface area contributed by atoms with Gasteiger partial charge >= 0.3 is 0 Å². The number of amides is 1. The molecule has 1 atom stereocenters. The summed E-state index contributed by atoms with van der Waals surface area (Å²) in [5.41, 5.74) is 3.04. The largest absolute Gasteiger partial charge is 0.480 e. The van der Waals surface area contributed by atoms with Crippen molar-refractivity contribution in [3.63, 3.8) is 0 Å². The van der Waals surface area contributed by atoms with Crippen molar-refractivity contribution in [1.82, 2.24) is 15.0 Å². The predicted octanol–water partition coefficient (Wildman–Crippen LogP) is 4.17. The standard InChI is InChI=1S/C22H25N3O3/c1-5-18(27-19-9-7-6-8-16(19)3)22(26)25(4)14-20-23-21(24-28-20)17-12-10-15(2)11-13-17/h6-13,18H,5,14H2,1-4H3/t18-/m1/s1. The number of aryl methyl sites for hydroxylation is 2. The zero-order valence-electron chi connectivity index (χ0n) is 16.7. The van der Waals surface area contributed by atoms with E-state index in [-0.39, 0.29) is 12.5 Å². The molecule has 0 saturated heterocycles. The van der Waals surface area contributed by atoms with Crippen LogP contribution in [-0.2, 0) is 11.3 Å². The van der Waals surface area contributed by atoms with Gasteiger partial charge < -0.3 is 14.2 Å². The van der Waals surface area contributed by atoms with Crippen molar-refractivity contribution >= 4 is 5.91 Å². The van der Waals surface area contributed by atoms with E-state index in [1.165, 1.54) is 0 Å². The number of hydrogen-bond acceptors (Lipinski definition) is 5. The van der Waals surface area contributed by atoms with E-state index < -0.39 is 6.10 Å². The quantitative estimate of drug-likeness (QED) is 0.616. The third-order valence-electron chi connectivity index (χ3n) is 4.54. The first-order valence-electron chi connectivity index (χ1n) is 9.34. The Morgan fingerprint density at radius 3 is 2.54 bits per heavy atom. The summed E-state index contributed by atoms with van der Waals surface area (Å²) in [5.74, 6) is 1.49. The van der Waals surface area contributed by atoms with E-state index in [1.54, 1.807) is 11.9 Å². The fraction of sp³-hybridized carbons (Fsp3) is 0.318. The van der Waals surface area contributed by atoms with E-state index in [0.717, 1.165) is 22.4 Å². The second-order valence-electron chi connectivity index (χ2n) is 6.85.